The van der Waals surface area contributed by atoms with Crippen molar-refractivity contribution in [1.82, 2.24) is 0 Å². The van der Waals surface area contributed by atoms with Gasteiger partial charge in [0, 0.05) is 13.2 Å². The molecule has 0 saturated heterocycles. The van der Waals surface area contributed by atoms with Gasteiger partial charge in [0.1, 0.15) is 0 Å². The standard InChI is InChI=1S/C22H48O2Si/c1-6-11-13-14-15-16-17-18-20-23-25(9-4,10-5)24-21-22(8-3)19-12-7-2/h22H,6-21H2,1-5H3. The van der Waals surface area contributed by atoms with Crippen LogP contribution in [0.2, 0.25) is 12.1 Å². The van der Waals surface area contributed by atoms with Crippen LogP contribution in [0.1, 0.15) is 112 Å². The van der Waals surface area contributed by atoms with Gasteiger partial charge >= 0.3 is 8.56 Å². The molecule has 152 valence electrons. The summed E-state index contributed by atoms with van der Waals surface area (Å²) in [5.41, 5.74) is 0. The molecule has 0 aromatic heterocycles. The lowest BCUT2D eigenvalue weighted by molar-refractivity contribution is 0.137. The van der Waals surface area contributed by atoms with Gasteiger partial charge in [0.15, 0.2) is 0 Å². The molecule has 25 heavy (non-hydrogen) atoms. The van der Waals surface area contributed by atoms with Crippen molar-refractivity contribution in [2.75, 3.05) is 13.2 Å². The Kier molecular flexibility index (Phi) is 17.6. The van der Waals surface area contributed by atoms with Gasteiger partial charge in [-0.3, -0.25) is 0 Å². The third-order valence-electron chi connectivity index (χ3n) is 5.57. The second-order valence-corrected chi connectivity index (χ2v) is 11.5. The lowest BCUT2D eigenvalue weighted by Gasteiger charge is -2.30. The van der Waals surface area contributed by atoms with Crippen LogP contribution in [-0.4, -0.2) is 21.8 Å². The fraction of sp³-hybridized carbons (Fsp3) is 1.00. The maximum atomic E-state index is 6.47. The van der Waals surface area contributed by atoms with E-state index in [4.69, 9.17) is 8.85 Å². The van der Waals surface area contributed by atoms with Crippen LogP contribution in [0.3, 0.4) is 0 Å². The van der Waals surface area contributed by atoms with E-state index in [1.807, 2.05) is 0 Å². The lowest BCUT2D eigenvalue weighted by atomic mass is 10.0. The molecule has 0 heterocycles. The van der Waals surface area contributed by atoms with Crippen LogP contribution in [0.4, 0.5) is 0 Å². The first-order valence-corrected chi connectivity index (χ1v) is 13.7. The second-order valence-electron chi connectivity index (χ2n) is 7.67. The van der Waals surface area contributed by atoms with Crippen LogP contribution < -0.4 is 0 Å². The molecule has 0 aliphatic heterocycles. The van der Waals surface area contributed by atoms with Gasteiger partial charge in [-0.25, -0.2) is 0 Å². The van der Waals surface area contributed by atoms with Crippen molar-refractivity contribution in [3.63, 3.8) is 0 Å². The Morgan fingerprint density at radius 1 is 0.640 bits per heavy atom. The molecular formula is C22H48O2Si. The van der Waals surface area contributed by atoms with Gasteiger partial charge in [0.2, 0.25) is 0 Å². The number of rotatable bonds is 19. The van der Waals surface area contributed by atoms with E-state index in [9.17, 15) is 0 Å². The summed E-state index contributed by atoms with van der Waals surface area (Å²) in [5.74, 6) is 0.719. The fourth-order valence-electron chi connectivity index (χ4n) is 3.36. The molecule has 0 aromatic carbocycles. The van der Waals surface area contributed by atoms with Gasteiger partial charge in [-0.1, -0.05) is 98.8 Å². The Morgan fingerprint density at radius 3 is 1.72 bits per heavy atom. The first-order chi connectivity index (χ1) is 12.2. The predicted octanol–water partition coefficient (Wildman–Crippen LogP) is 7.86. The normalized spacial score (nSPS) is 13.3. The van der Waals surface area contributed by atoms with E-state index in [0.717, 1.165) is 31.2 Å². The summed E-state index contributed by atoms with van der Waals surface area (Å²) < 4.78 is 12.9. The molecule has 0 bridgehead atoms. The van der Waals surface area contributed by atoms with Gasteiger partial charge in [-0.2, -0.15) is 0 Å². The SMILES string of the molecule is CCCCCCCCCCO[Si](CC)(CC)OCC(CC)CCCC. The summed E-state index contributed by atoms with van der Waals surface area (Å²) >= 11 is 0. The third kappa shape index (κ3) is 13.0. The molecule has 0 aromatic rings. The van der Waals surface area contributed by atoms with Crippen LogP contribution in [0.25, 0.3) is 0 Å². The van der Waals surface area contributed by atoms with E-state index in [-0.39, 0.29) is 0 Å². The van der Waals surface area contributed by atoms with Crippen molar-refractivity contribution in [3.05, 3.63) is 0 Å². The highest BCUT2D eigenvalue weighted by atomic mass is 28.4. The molecule has 1 atom stereocenters. The molecule has 0 rings (SSSR count). The largest absolute Gasteiger partial charge is 0.394 e. The first-order valence-electron chi connectivity index (χ1n) is 11.5. The highest BCUT2D eigenvalue weighted by molar-refractivity contribution is 6.67. The summed E-state index contributed by atoms with van der Waals surface area (Å²) in [4.78, 5) is 0. The fourth-order valence-corrected chi connectivity index (χ4v) is 5.82. The predicted molar refractivity (Wildman–Crippen MR) is 115 cm³/mol. The van der Waals surface area contributed by atoms with Crippen molar-refractivity contribution >= 4 is 8.56 Å². The average molecular weight is 373 g/mol. The maximum Gasteiger partial charge on any atom is 0.337 e. The Morgan fingerprint density at radius 2 is 1.20 bits per heavy atom. The van der Waals surface area contributed by atoms with Crippen molar-refractivity contribution in [1.29, 1.82) is 0 Å². The Labute approximate surface area is 160 Å². The van der Waals surface area contributed by atoms with Crippen LogP contribution in [-0.2, 0) is 8.85 Å². The zero-order valence-corrected chi connectivity index (χ0v) is 19.2. The second kappa shape index (κ2) is 17.5. The molecule has 2 nitrogen and oxygen atoms in total. The zero-order chi connectivity index (χ0) is 18.8. The van der Waals surface area contributed by atoms with E-state index < -0.39 is 8.56 Å². The molecule has 1 unspecified atom stereocenters. The van der Waals surface area contributed by atoms with E-state index in [2.05, 4.69) is 34.6 Å². The van der Waals surface area contributed by atoms with E-state index in [1.165, 1.54) is 77.0 Å². The summed E-state index contributed by atoms with van der Waals surface area (Å²) in [6, 6.07) is 2.18. The number of unbranched alkanes of at least 4 members (excludes halogenated alkanes) is 8. The highest BCUT2D eigenvalue weighted by Gasteiger charge is 2.34. The highest BCUT2D eigenvalue weighted by Crippen LogP contribution is 2.23. The molecule has 0 saturated carbocycles. The van der Waals surface area contributed by atoms with E-state index in [1.54, 1.807) is 0 Å². The number of hydrogen-bond donors (Lipinski definition) is 0. The quantitative estimate of drug-likeness (QED) is 0.170. The van der Waals surface area contributed by atoms with Crippen LogP contribution in [0.15, 0.2) is 0 Å². The minimum Gasteiger partial charge on any atom is -0.394 e. The molecule has 0 spiro atoms. The van der Waals surface area contributed by atoms with Crippen LogP contribution >= 0.6 is 0 Å². The van der Waals surface area contributed by atoms with Gasteiger partial charge in [0.05, 0.1) is 0 Å². The molecule has 0 amide bonds. The average Bonchev–Trinajstić information content (AvgIpc) is 2.65. The lowest BCUT2D eigenvalue weighted by Crippen LogP contribution is -2.42. The first kappa shape index (κ1) is 25.1. The molecule has 0 aliphatic carbocycles. The van der Waals surface area contributed by atoms with Crippen molar-refractivity contribution in [2.45, 2.75) is 124 Å². The van der Waals surface area contributed by atoms with Gasteiger partial charge in [-0.05, 0) is 30.8 Å². The van der Waals surface area contributed by atoms with Crippen LogP contribution in [0, 0.1) is 5.92 Å². The van der Waals surface area contributed by atoms with Gasteiger partial charge < -0.3 is 8.85 Å². The number of hydrogen-bond acceptors (Lipinski definition) is 2. The molecule has 0 radical (unpaired) electrons. The van der Waals surface area contributed by atoms with E-state index >= 15 is 0 Å². The van der Waals surface area contributed by atoms with Crippen molar-refractivity contribution < 1.29 is 8.85 Å². The Hall–Kier alpha value is 0.137. The third-order valence-corrected chi connectivity index (χ3v) is 9.14. The Bertz CT molecular complexity index is 267. The monoisotopic (exact) mass is 372 g/mol. The van der Waals surface area contributed by atoms with Crippen molar-refractivity contribution in [2.24, 2.45) is 5.92 Å². The molecule has 0 fully saturated rings. The summed E-state index contributed by atoms with van der Waals surface area (Å²) in [7, 11) is -1.95. The minimum atomic E-state index is -1.95. The molecule has 0 aliphatic rings. The molecule has 3 heteroatoms. The minimum absolute atomic E-state index is 0.719. The van der Waals surface area contributed by atoms with E-state index in [0.29, 0.717) is 0 Å². The summed E-state index contributed by atoms with van der Waals surface area (Å²) in [5, 5.41) is 0. The Balaban J connectivity index is 3.97. The van der Waals surface area contributed by atoms with Gasteiger partial charge in [0.25, 0.3) is 0 Å². The van der Waals surface area contributed by atoms with Gasteiger partial charge in [-0.15, -0.1) is 0 Å². The zero-order valence-electron chi connectivity index (χ0n) is 18.2. The van der Waals surface area contributed by atoms with Crippen LogP contribution in [0.5, 0.6) is 0 Å². The molecule has 0 N–H and O–H groups in total. The summed E-state index contributed by atoms with van der Waals surface area (Å²) in [6.45, 7) is 13.2. The maximum absolute atomic E-state index is 6.47. The smallest absolute Gasteiger partial charge is 0.337 e. The summed E-state index contributed by atoms with van der Waals surface area (Å²) in [6.07, 6.45) is 16.0. The topological polar surface area (TPSA) is 18.5 Å². The molecular weight excluding hydrogens is 324 g/mol. The van der Waals surface area contributed by atoms with Crippen molar-refractivity contribution in [3.8, 4) is 0 Å².